The van der Waals surface area contributed by atoms with Gasteiger partial charge in [-0.2, -0.15) is 0 Å². The van der Waals surface area contributed by atoms with Crippen molar-refractivity contribution in [1.82, 2.24) is 0 Å². The lowest BCUT2D eigenvalue weighted by Gasteiger charge is -2.12. The molecule has 1 rings (SSSR count). The van der Waals surface area contributed by atoms with Crippen molar-refractivity contribution in [3.05, 3.63) is 11.6 Å². The molecule has 4 heteroatoms. The minimum Gasteiger partial charge on any atom is -0.477 e. The number of carboxylic acid groups (broad SMARTS) is 1. The second-order valence-corrected chi connectivity index (χ2v) is 2.86. The third-order valence-corrected chi connectivity index (χ3v) is 1.30. The van der Waals surface area contributed by atoms with Crippen LogP contribution >= 0.6 is 0 Å². The van der Waals surface area contributed by atoms with Crippen molar-refractivity contribution in [3.8, 4) is 0 Å². The van der Waals surface area contributed by atoms with E-state index < -0.39 is 17.5 Å². The van der Waals surface area contributed by atoms with Crippen molar-refractivity contribution < 1.29 is 19.4 Å². The minimum absolute atomic E-state index is 0.282. The fraction of sp³-hybridized carbons (Fsp3) is 0.429. The van der Waals surface area contributed by atoms with Crippen LogP contribution in [-0.4, -0.2) is 22.6 Å². The van der Waals surface area contributed by atoms with Crippen molar-refractivity contribution in [2.75, 3.05) is 0 Å². The summed E-state index contributed by atoms with van der Waals surface area (Å²) in [5.74, 6) is -2.00. The summed E-state index contributed by atoms with van der Waals surface area (Å²) in [7, 11) is 0. The number of hydrogen-bond donors (Lipinski definition) is 1. The lowest BCUT2D eigenvalue weighted by atomic mass is 10.1. The van der Waals surface area contributed by atoms with Gasteiger partial charge in [-0.05, 0) is 19.9 Å². The monoisotopic (exact) mass is 156 g/mol. The van der Waals surface area contributed by atoms with E-state index in [1.165, 1.54) is 6.08 Å². The maximum Gasteiger partial charge on any atom is 0.346 e. The van der Waals surface area contributed by atoms with E-state index in [4.69, 9.17) is 9.84 Å². The van der Waals surface area contributed by atoms with E-state index in [0.717, 1.165) is 0 Å². The number of esters is 1. The van der Waals surface area contributed by atoms with Crippen LogP contribution < -0.4 is 0 Å². The zero-order valence-electron chi connectivity index (χ0n) is 6.25. The van der Waals surface area contributed by atoms with Gasteiger partial charge in [0.25, 0.3) is 0 Å². The van der Waals surface area contributed by atoms with Gasteiger partial charge in [-0.3, -0.25) is 0 Å². The third-order valence-electron chi connectivity index (χ3n) is 1.30. The van der Waals surface area contributed by atoms with Crippen molar-refractivity contribution in [2.24, 2.45) is 0 Å². The van der Waals surface area contributed by atoms with Gasteiger partial charge < -0.3 is 9.84 Å². The zero-order chi connectivity index (χ0) is 8.65. The molecule has 4 nitrogen and oxygen atoms in total. The Balaban J connectivity index is 2.97. The molecule has 0 amide bonds. The number of rotatable bonds is 1. The molecule has 0 saturated carbocycles. The molecule has 1 aliphatic rings. The summed E-state index contributed by atoms with van der Waals surface area (Å²) in [4.78, 5) is 21.1. The fourth-order valence-electron chi connectivity index (χ4n) is 0.879. The Hall–Kier alpha value is -1.32. The first-order valence-electron chi connectivity index (χ1n) is 3.12. The molecule has 0 unspecified atom stereocenters. The van der Waals surface area contributed by atoms with Gasteiger partial charge in [0.1, 0.15) is 11.2 Å². The van der Waals surface area contributed by atoms with Gasteiger partial charge in [-0.1, -0.05) is 0 Å². The second kappa shape index (κ2) is 2.08. The quantitative estimate of drug-likeness (QED) is 0.439. The van der Waals surface area contributed by atoms with Crippen LogP contribution in [0, 0.1) is 0 Å². The summed E-state index contributed by atoms with van der Waals surface area (Å²) < 4.78 is 4.71. The molecule has 60 valence electrons. The molecule has 1 aliphatic heterocycles. The Kier molecular flexibility index (Phi) is 1.47. The average molecular weight is 156 g/mol. The van der Waals surface area contributed by atoms with Crippen molar-refractivity contribution >= 4 is 11.9 Å². The van der Waals surface area contributed by atoms with E-state index in [-0.39, 0.29) is 5.57 Å². The summed E-state index contributed by atoms with van der Waals surface area (Å²) in [6.45, 7) is 3.25. The van der Waals surface area contributed by atoms with E-state index in [1.54, 1.807) is 13.8 Å². The lowest BCUT2D eigenvalue weighted by molar-refractivity contribution is -0.147. The smallest absolute Gasteiger partial charge is 0.346 e. The molecular formula is C7H8O4. The Morgan fingerprint density at radius 2 is 2.18 bits per heavy atom. The number of cyclic esters (lactones) is 1. The highest BCUT2D eigenvalue weighted by Gasteiger charge is 2.35. The van der Waals surface area contributed by atoms with Gasteiger partial charge >= 0.3 is 11.9 Å². The highest BCUT2D eigenvalue weighted by Crippen LogP contribution is 2.23. The molecule has 0 aromatic rings. The van der Waals surface area contributed by atoms with E-state index in [0.29, 0.717) is 0 Å². The number of carbonyl (C=O) groups excluding carboxylic acids is 1. The molecule has 1 heterocycles. The summed E-state index contributed by atoms with van der Waals surface area (Å²) >= 11 is 0. The van der Waals surface area contributed by atoms with Gasteiger partial charge in [-0.25, -0.2) is 9.59 Å². The fourth-order valence-corrected chi connectivity index (χ4v) is 0.879. The summed E-state index contributed by atoms with van der Waals surface area (Å²) in [6, 6.07) is 0. The highest BCUT2D eigenvalue weighted by molar-refractivity contribution is 6.14. The summed E-state index contributed by atoms with van der Waals surface area (Å²) in [5, 5.41) is 8.45. The Morgan fingerprint density at radius 1 is 1.64 bits per heavy atom. The predicted octanol–water partition coefficient (Wildman–Crippen LogP) is 0.333. The van der Waals surface area contributed by atoms with Gasteiger partial charge in [0.15, 0.2) is 0 Å². The normalized spacial score (nSPS) is 20.9. The minimum atomic E-state index is -1.24. The predicted molar refractivity (Wildman–Crippen MR) is 35.9 cm³/mol. The van der Waals surface area contributed by atoms with Crippen LogP contribution in [0.3, 0.4) is 0 Å². The third kappa shape index (κ3) is 1.39. The van der Waals surface area contributed by atoms with Gasteiger partial charge in [0.05, 0.1) is 0 Å². The van der Waals surface area contributed by atoms with Crippen LogP contribution in [0.5, 0.6) is 0 Å². The molecule has 0 atom stereocenters. The van der Waals surface area contributed by atoms with Gasteiger partial charge in [-0.15, -0.1) is 0 Å². The van der Waals surface area contributed by atoms with Crippen molar-refractivity contribution in [1.29, 1.82) is 0 Å². The molecule has 0 aromatic carbocycles. The first kappa shape index (κ1) is 7.78. The second-order valence-electron chi connectivity index (χ2n) is 2.86. The number of hydrogen-bond acceptors (Lipinski definition) is 3. The largest absolute Gasteiger partial charge is 0.477 e. The topological polar surface area (TPSA) is 63.6 Å². The number of aliphatic carboxylic acids is 1. The molecule has 11 heavy (non-hydrogen) atoms. The summed E-state index contributed by atoms with van der Waals surface area (Å²) in [5.41, 5.74) is -1.06. The van der Waals surface area contributed by atoms with Crippen LogP contribution in [0.2, 0.25) is 0 Å². The molecule has 0 spiro atoms. The highest BCUT2D eigenvalue weighted by atomic mass is 16.6. The standard InChI is InChI=1S/C7H8O4/c1-7(2)3-4(5(8)9)6(10)11-7/h3H,1-2H3,(H,8,9). The first-order chi connectivity index (χ1) is 4.92. The number of carbonyl (C=O) groups is 2. The van der Waals surface area contributed by atoms with Crippen LogP contribution in [0.25, 0.3) is 0 Å². The van der Waals surface area contributed by atoms with Crippen LogP contribution in [0.15, 0.2) is 11.6 Å². The van der Waals surface area contributed by atoms with Crippen molar-refractivity contribution in [3.63, 3.8) is 0 Å². The maximum atomic E-state index is 10.8. The van der Waals surface area contributed by atoms with Gasteiger partial charge in [0.2, 0.25) is 0 Å². The van der Waals surface area contributed by atoms with Crippen LogP contribution in [-0.2, 0) is 14.3 Å². The Bertz CT molecular complexity index is 249. The zero-order valence-corrected chi connectivity index (χ0v) is 6.25. The number of ether oxygens (including phenoxy) is 1. The summed E-state index contributed by atoms with van der Waals surface area (Å²) in [6.07, 6.45) is 1.30. The molecular weight excluding hydrogens is 148 g/mol. The van der Waals surface area contributed by atoms with Crippen LogP contribution in [0.1, 0.15) is 13.8 Å². The molecule has 1 N–H and O–H groups in total. The van der Waals surface area contributed by atoms with E-state index in [9.17, 15) is 9.59 Å². The van der Waals surface area contributed by atoms with Crippen molar-refractivity contribution in [2.45, 2.75) is 19.4 Å². The number of carboxylic acids is 1. The molecule has 0 saturated heterocycles. The molecule has 0 bridgehead atoms. The van der Waals surface area contributed by atoms with E-state index >= 15 is 0 Å². The van der Waals surface area contributed by atoms with E-state index in [2.05, 4.69) is 0 Å². The first-order valence-corrected chi connectivity index (χ1v) is 3.12. The Morgan fingerprint density at radius 3 is 2.36 bits per heavy atom. The molecule has 0 aromatic heterocycles. The molecule has 0 fully saturated rings. The molecule has 0 aliphatic carbocycles. The van der Waals surface area contributed by atoms with Gasteiger partial charge in [0, 0.05) is 0 Å². The van der Waals surface area contributed by atoms with E-state index in [1.807, 2.05) is 0 Å². The SMILES string of the molecule is CC1(C)C=C(C(=O)O)C(=O)O1. The Labute approximate surface area is 63.5 Å². The lowest BCUT2D eigenvalue weighted by Crippen LogP contribution is -2.18. The average Bonchev–Trinajstić information content (AvgIpc) is 2.05. The molecule has 0 radical (unpaired) electrons. The maximum absolute atomic E-state index is 10.8. The van der Waals surface area contributed by atoms with Crippen LogP contribution in [0.4, 0.5) is 0 Å².